The monoisotopic (exact) mass is 474 g/mol. The third-order valence-electron chi connectivity index (χ3n) is 5.77. The molecule has 0 saturated carbocycles. The van der Waals surface area contributed by atoms with Crippen LogP contribution in [0.4, 0.5) is 0 Å². The number of hydrogen-bond acceptors (Lipinski definition) is 5. The molecule has 3 aromatic carbocycles. The number of aromatic nitrogens is 6. The number of benzene rings is 3. The van der Waals surface area contributed by atoms with Gasteiger partial charge in [0.2, 0.25) is 0 Å². The minimum absolute atomic E-state index is 0.660. The van der Waals surface area contributed by atoms with Crippen LogP contribution in [0, 0.1) is 6.92 Å². The summed E-state index contributed by atoms with van der Waals surface area (Å²) in [6, 6.07) is 30.6. The normalized spacial score (nSPS) is 11.1. The highest BCUT2D eigenvalue weighted by atomic mass is 32.1. The van der Waals surface area contributed by atoms with Crippen LogP contribution < -0.4 is 0 Å². The van der Waals surface area contributed by atoms with E-state index in [4.69, 9.17) is 10.1 Å². The fourth-order valence-electron chi connectivity index (χ4n) is 4.03. The first-order valence-corrected chi connectivity index (χ1v) is 12.2. The zero-order valence-corrected chi connectivity index (χ0v) is 19.9. The summed E-state index contributed by atoms with van der Waals surface area (Å²) >= 11 is 1.65. The van der Waals surface area contributed by atoms with Gasteiger partial charge in [-0.1, -0.05) is 84.1 Å². The highest BCUT2D eigenvalue weighted by Crippen LogP contribution is 2.39. The minimum atomic E-state index is 0.660. The quantitative estimate of drug-likeness (QED) is 0.285. The van der Waals surface area contributed by atoms with E-state index in [0.29, 0.717) is 6.54 Å². The maximum atomic E-state index is 5.00. The number of thiazole rings is 1. The Bertz CT molecular complexity index is 1570. The lowest BCUT2D eigenvalue weighted by atomic mass is 10.1. The van der Waals surface area contributed by atoms with E-state index in [2.05, 4.69) is 34.6 Å². The van der Waals surface area contributed by atoms with E-state index in [-0.39, 0.29) is 0 Å². The zero-order chi connectivity index (χ0) is 23.6. The Balaban J connectivity index is 1.44. The van der Waals surface area contributed by atoms with Crippen molar-refractivity contribution in [1.82, 2.24) is 29.8 Å². The fraction of sp³-hybridized carbons (Fsp3) is 0.0714. The van der Waals surface area contributed by atoms with Crippen molar-refractivity contribution in [3.8, 4) is 38.1 Å². The molecule has 0 unspecified atom stereocenters. The molecular formula is C28H22N6S. The van der Waals surface area contributed by atoms with Gasteiger partial charge in [-0.05, 0) is 24.6 Å². The molecule has 7 heteroatoms. The van der Waals surface area contributed by atoms with Crippen LogP contribution in [0.25, 0.3) is 38.1 Å². The van der Waals surface area contributed by atoms with Crippen LogP contribution in [0.5, 0.6) is 0 Å². The Morgan fingerprint density at radius 2 is 1.49 bits per heavy atom. The second-order valence-corrected chi connectivity index (χ2v) is 9.26. The van der Waals surface area contributed by atoms with E-state index >= 15 is 0 Å². The topological polar surface area (TPSA) is 61.4 Å². The molecule has 6 aromatic rings. The molecule has 6 nitrogen and oxygen atoms in total. The van der Waals surface area contributed by atoms with Gasteiger partial charge in [0.25, 0.3) is 0 Å². The van der Waals surface area contributed by atoms with Crippen LogP contribution in [0.1, 0.15) is 11.3 Å². The molecule has 0 aliphatic carbocycles. The van der Waals surface area contributed by atoms with E-state index in [0.717, 1.165) is 43.8 Å². The second-order valence-electron chi connectivity index (χ2n) is 8.26. The van der Waals surface area contributed by atoms with Gasteiger partial charge in [-0.15, -0.1) is 16.4 Å². The minimum Gasteiger partial charge on any atom is -0.247 e. The average Bonchev–Trinajstić information content (AvgIpc) is 3.64. The van der Waals surface area contributed by atoms with Crippen molar-refractivity contribution in [2.75, 3.05) is 0 Å². The molecule has 0 atom stereocenters. The number of para-hydroxylation sites is 1. The van der Waals surface area contributed by atoms with Gasteiger partial charge < -0.3 is 0 Å². The van der Waals surface area contributed by atoms with E-state index in [9.17, 15) is 0 Å². The van der Waals surface area contributed by atoms with Gasteiger partial charge in [-0.3, -0.25) is 0 Å². The van der Waals surface area contributed by atoms with Gasteiger partial charge in [-0.2, -0.15) is 5.10 Å². The Hall–Kier alpha value is -4.36. The SMILES string of the molecule is Cc1nc(-c2ccccc2)sc1-c1nn(-c2ccccc2)cc1-c1cn(Cc2ccccc2)nn1. The molecule has 0 aliphatic rings. The lowest BCUT2D eigenvalue weighted by Crippen LogP contribution is -1.99. The van der Waals surface area contributed by atoms with Gasteiger partial charge in [0.1, 0.15) is 16.4 Å². The van der Waals surface area contributed by atoms with Crippen molar-refractivity contribution < 1.29 is 0 Å². The lowest BCUT2D eigenvalue weighted by Gasteiger charge is -1.99. The zero-order valence-electron chi connectivity index (χ0n) is 19.1. The first kappa shape index (κ1) is 21.2. The summed E-state index contributed by atoms with van der Waals surface area (Å²) in [5.74, 6) is 0. The van der Waals surface area contributed by atoms with Crippen LogP contribution in [0.3, 0.4) is 0 Å². The first-order valence-electron chi connectivity index (χ1n) is 11.4. The van der Waals surface area contributed by atoms with E-state index < -0.39 is 0 Å². The summed E-state index contributed by atoms with van der Waals surface area (Å²) in [5, 5.41) is 14.9. The molecule has 0 N–H and O–H groups in total. The Kier molecular flexibility index (Phi) is 5.52. The average molecular weight is 475 g/mol. The van der Waals surface area contributed by atoms with Gasteiger partial charge in [0.15, 0.2) is 0 Å². The number of nitrogens with zero attached hydrogens (tertiary/aromatic N) is 6. The van der Waals surface area contributed by atoms with Gasteiger partial charge in [0, 0.05) is 11.8 Å². The summed E-state index contributed by atoms with van der Waals surface area (Å²) in [6.07, 6.45) is 4.01. The van der Waals surface area contributed by atoms with Crippen LogP contribution in [-0.4, -0.2) is 29.8 Å². The molecule has 35 heavy (non-hydrogen) atoms. The Morgan fingerprint density at radius 3 is 2.23 bits per heavy atom. The van der Waals surface area contributed by atoms with Crippen molar-refractivity contribution >= 4 is 11.3 Å². The van der Waals surface area contributed by atoms with E-state index in [1.54, 1.807) is 11.3 Å². The molecule has 0 bridgehead atoms. The van der Waals surface area contributed by atoms with Crippen LogP contribution >= 0.6 is 11.3 Å². The Morgan fingerprint density at radius 1 is 0.800 bits per heavy atom. The molecule has 170 valence electrons. The molecule has 0 amide bonds. The summed E-state index contributed by atoms with van der Waals surface area (Å²) in [7, 11) is 0. The van der Waals surface area contributed by atoms with Crippen LogP contribution in [0.15, 0.2) is 103 Å². The molecule has 0 spiro atoms. The highest BCUT2D eigenvalue weighted by Gasteiger charge is 2.21. The van der Waals surface area contributed by atoms with Crippen LogP contribution in [0.2, 0.25) is 0 Å². The first-order chi connectivity index (χ1) is 17.2. The number of rotatable bonds is 6. The third-order valence-corrected chi connectivity index (χ3v) is 6.98. The number of hydrogen-bond donors (Lipinski definition) is 0. The molecule has 3 aromatic heterocycles. The molecule has 0 fully saturated rings. The van der Waals surface area contributed by atoms with E-state index in [1.165, 1.54) is 5.56 Å². The van der Waals surface area contributed by atoms with Gasteiger partial charge in [-0.25, -0.2) is 14.3 Å². The highest BCUT2D eigenvalue weighted by molar-refractivity contribution is 7.18. The van der Waals surface area contributed by atoms with E-state index in [1.807, 2.05) is 95.4 Å². The summed E-state index contributed by atoms with van der Waals surface area (Å²) < 4.78 is 3.77. The molecule has 0 aliphatic heterocycles. The molecule has 0 saturated heterocycles. The molecule has 3 heterocycles. The second kappa shape index (κ2) is 9.12. The lowest BCUT2D eigenvalue weighted by molar-refractivity contribution is 0.650. The third kappa shape index (κ3) is 4.29. The largest absolute Gasteiger partial charge is 0.247 e. The smallest absolute Gasteiger partial charge is 0.124 e. The summed E-state index contributed by atoms with van der Waals surface area (Å²) in [6.45, 7) is 2.70. The maximum Gasteiger partial charge on any atom is 0.124 e. The molecular weight excluding hydrogens is 452 g/mol. The number of aryl methyl sites for hydroxylation is 1. The van der Waals surface area contributed by atoms with Crippen molar-refractivity contribution in [3.63, 3.8) is 0 Å². The summed E-state index contributed by atoms with van der Waals surface area (Å²) in [5.41, 5.74) is 6.79. The fourth-order valence-corrected chi connectivity index (χ4v) is 5.10. The van der Waals surface area contributed by atoms with Crippen molar-refractivity contribution in [1.29, 1.82) is 0 Å². The van der Waals surface area contributed by atoms with Gasteiger partial charge in [0.05, 0.1) is 34.6 Å². The predicted molar refractivity (Wildman–Crippen MR) is 139 cm³/mol. The Labute approximate surface area is 207 Å². The standard InChI is InChI=1S/C28H22N6S/c1-20-27(35-28(29-20)22-13-7-3-8-14-22)26-24(18-34(31-26)23-15-9-4-10-16-23)25-19-33(32-30-25)17-21-11-5-2-6-12-21/h2-16,18-19H,17H2,1H3. The van der Waals surface area contributed by atoms with Gasteiger partial charge >= 0.3 is 0 Å². The van der Waals surface area contributed by atoms with Crippen LogP contribution in [-0.2, 0) is 6.54 Å². The van der Waals surface area contributed by atoms with Crippen molar-refractivity contribution in [2.45, 2.75) is 13.5 Å². The van der Waals surface area contributed by atoms with Crippen molar-refractivity contribution in [3.05, 3.63) is 115 Å². The predicted octanol–water partition coefficient (Wildman–Crippen LogP) is 6.28. The molecule has 0 radical (unpaired) electrons. The van der Waals surface area contributed by atoms with Crippen molar-refractivity contribution in [2.24, 2.45) is 0 Å². The molecule has 6 rings (SSSR count). The maximum absolute atomic E-state index is 5.00. The summed E-state index contributed by atoms with van der Waals surface area (Å²) in [4.78, 5) is 5.90.